The van der Waals surface area contributed by atoms with E-state index in [1.54, 1.807) is 47.0 Å². The standard InChI is InChI=1S/C21H27N5O3S/c27-20(24-15-17-2-1-10-22-14-17)25-18-3-5-19(6-4-18)30(28,29)26-12-8-21(9-13-26)7-11-23-16-21/h1-6,10,14,23H,7-9,11-13,15-16H2,(H2,24,25,27). The first-order valence-electron chi connectivity index (χ1n) is 10.2. The number of urea groups is 1. The van der Waals surface area contributed by atoms with Crippen LogP contribution in [0.2, 0.25) is 0 Å². The number of hydrogen-bond donors (Lipinski definition) is 3. The zero-order chi connectivity index (χ0) is 21.0. The number of benzene rings is 1. The Balaban J connectivity index is 1.32. The van der Waals surface area contributed by atoms with Gasteiger partial charge in [0, 0.05) is 44.3 Å². The average Bonchev–Trinajstić information content (AvgIpc) is 3.21. The highest BCUT2D eigenvalue weighted by Gasteiger charge is 2.40. The van der Waals surface area contributed by atoms with E-state index in [0.717, 1.165) is 37.9 Å². The minimum absolute atomic E-state index is 0.254. The highest BCUT2D eigenvalue weighted by molar-refractivity contribution is 7.89. The van der Waals surface area contributed by atoms with E-state index in [1.807, 2.05) is 6.07 Å². The Bertz CT molecular complexity index is 963. The van der Waals surface area contributed by atoms with E-state index in [2.05, 4.69) is 20.9 Å². The molecule has 0 unspecified atom stereocenters. The van der Waals surface area contributed by atoms with Crippen molar-refractivity contribution in [3.63, 3.8) is 0 Å². The van der Waals surface area contributed by atoms with E-state index in [-0.39, 0.29) is 16.3 Å². The summed E-state index contributed by atoms with van der Waals surface area (Å²) in [7, 11) is -3.52. The van der Waals surface area contributed by atoms with Crippen LogP contribution in [0.3, 0.4) is 0 Å². The molecule has 0 bridgehead atoms. The van der Waals surface area contributed by atoms with Gasteiger partial charge in [0.1, 0.15) is 0 Å². The lowest BCUT2D eigenvalue weighted by Gasteiger charge is -2.38. The third-order valence-electron chi connectivity index (χ3n) is 6.04. The molecule has 2 fully saturated rings. The predicted octanol–water partition coefficient (Wildman–Crippen LogP) is 2.17. The van der Waals surface area contributed by atoms with E-state index < -0.39 is 10.0 Å². The molecule has 1 spiro atoms. The van der Waals surface area contributed by atoms with Gasteiger partial charge in [-0.1, -0.05) is 6.07 Å². The molecule has 2 aliphatic heterocycles. The first kappa shape index (κ1) is 20.8. The molecule has 2 saturated heterocycles. The fourth-order valence-electron chi connectivity index (χ4n) is 4.14. The Hall–Kier alpha value is -2.49. The first-order chi connectivity index (χ1) is 14.5. The van der Waals surface area contributed by atoms with Gasteiger partial charge in [-0.15, -0.1) is 0 Å². The minimum Gasteiger partial charge on any atom is -0.334 e. The Kier molecular flexibility index (Phi) is 6.03. The molecule has 4 rings (SSSR count). The molecule has 2 amide bonds. The number of nitrogens with one attached hydrogen (secondary N) is 3. The summed E-state index contributed by atoms with van der Waals surface area (Å²) in [6.45, 7) is 3.49. The number of carbonyl (C=O) groups is 1. The van der Waals surface area contributed by atoms with Crippen LogP contribution in [0.25, 0.3) is 0 Å². The number of carbonyl (C=O) groups excluding carboxylic acids is 1. The van der Waals surface area contributed by atoms with Gasteiger partial charge in [0.05, 0.1) is 4.90 Å². The minimum atomic E-state index is -3.52. The largest absolute Gasteiger partial charge is 0.334 e. The van der Waals surface area contributed by atoms with Crippen LogP contribution in [0.5, 0.6) is 0 Å². The molecular weight excluding hydrogens is 402 g/mol. The maximum Gasteiger partial charge on any atom is 0.319 e. The molecule has 9 heteroatoms. The number of sulfonamides is 1. The van der Waals surface area contributed by atoms with Crippen LogP contribution in [-0.2, 0) is 16.6 Å². The normalized spacial score (nSPS) is 18.9. The summed E-state index contributed by atoms with van der Waals surface area (Å²) in [6, 6.07) is 9.65. The van der Waals surface area contributed by atoms with E-state index in [9.17, 15) is 13.2 Å². The van der Waals surface area contributed by atoms with Gasteiger partial charge < -0.3 is 16.0 Å². The maximum absolute atomic E-state index is 13.0. The van der Waals surface area contributed by atoms with Crippen LogP contribution in [0.15, 0.2) is 53.7 Å². The molecule has 8 nitrogen and oxygen atoms in total. The monoisotopic (exact) mass is 429 g/mol. The second-order valence-electron chi connectivity index (χ2n) is 8.02. The van der Waals surface area contributed by atoms with Crippen molar-refractivity contribution in [1.29, 1.82) is 0 Å². The van der Waals surface area contributed by atoms with Crippen molar-refractivity contribution in [1.82, 2.24) is 19.9 Å². The van der Waals surface area contributed by atoms with Crippen LogP contribution in [0.4, 0.5) is 10.5 Å². The molecule has 2 aromatic rings. The molecule has 1 aromatic heterocycles. The van der Waals surface area contributed by atoms with Crippen molar-refractivity contribution in [2.45, 2.75) is 30.7 Å². The number of piperidine rings is 1. The number of amides is 2. The van der Waals surface area contributed by atoms with Gasteiger partial charge in [-0.05, 0) is 67.1 Å². The smallest absolute Gasteiger partial charge is 0.319 e. The zero-order valence-electron chi connectivity index (χ0n) is 16.8. The zero-order valence-corrected chi connectivity index (χ0v) is 17.6. The van der Waals surface area contributed by atoms with Crippen LogP contribution in [0, 0.1) is 5.41 Å². The van der Waals surface area contributed by atoms with Gasteiger partial charge in [-0.2, -0.15) is 4.31 Å². The lowest BCUT2D eigenvalue weighted by molar-refractivity contribution is 0.175. The topological polar surface area (TPSA) is 103 Å². The molecule has 2 aliphatic rings. The second kappa shape index (κ2) is 8.71. The average molecular weight is 430 g/mol. The number of pyridine rings is 1. The lowest BCUT2D eigenvalue weighted by atomic mass is 9.78. The molecule has 1 aromatic carbocycles. The van der Waals surface area contributed by atoms with Crippen molar-refractivity contribution in [3.8, 4) is 0 Å². The number of anilines is 1. The Labute approximate surface area is 177 Å². The number of hydrogen-bond acceptors (Lipinski definition) is 5. The summed E-state index contributed by atoms with van der Waals surface area (Å²) >= 11 is 0. The van der Waals surface area contributed by atoms with Crippen molar-refractivity contribution in [3.05, 3.63) is 54.4 Å². The SMILES string of the molecule is O=C(NCc1cccnc1)Nc1ccc(S(=O)(=O)N2CCC3(CCNC3)CC2)cc1. The summed E-state index contributed by atoms with van der Waals surface area (Å²) in [5.41, 5.74) is 1.70. The molecule has 0 radical (unpaired) electrons. The highest BCUT2D eigenvalue weighted by atomic mass is 32.2. The van der Waals surface area contributed by atoms with Gasteiger partial charge >= 0.3 is 6.03 Å². The van der Waals surface area contributed by atoms with Gasteiger partial charge in [-0.3, -0.25) is 4.98 Å². The fourth-order valence-corrected chi connectivity index (χ4v) is 5.58. The summed E-state index contributed by atoms with van der Waals surface area (Å²) in [5.74, 6) is 0. The quantitative estimate of drug-likeness (QED) is 0.676. The predicted molar refractivity (Wildman–Crippen MR) is 114 cm³/mol. The number of nitrogens with zero attached hydrogens (tertiary/aromatic N) is 2. The Morgan fingerprint density at radius 1 is 1.13 bits per heavy atom. The van der Waals surface area contributed by atoms with E-state index in [1.165, 1.54) is 0 Å². The third-order valence-corrected chi connectivity index (χ3v) is 7.95. The molecule has 0 atom stereocenters. The summed E-state index contributed by atoms with van der Waals surface area (Å²) in [5, 5.41) is 8.86. The van der Waals surface area contributed by atoms with Crippen LogP contribution in [-0.4, -0.2) is 49.9 Å². The van der Waals surface area contributed by atoms with Gasteiger partial charge in [0.25, 0.3) is 0 Å². The fraction of sp³-hybridized carbons (Fsp3) is 0.429. The molecule has 30 heavy (non-hydrogen) atoms. The molecule has 3 heterocycles. The Morgan fingerprint density at radius 3 is 2.53 bits per heavy atom. The van der Waals surface area contributed by atoms with E-state index in [4.69, 9.17) is 0 Å². The Morgan fingerprint density at radius 2 is 1.90 bits per heavy atom. The summed E-state index contributed by atoms with van der Waals surface area (Å²) < 4.78 is 27.6. The van der Waals surface area contributed by atoms with Gasteiger partial charge in [-0.25, -0.2) is 13.2 Å². The van der Waals surface area contributed by atoms with Crippen LogP contribution in [0.1, 0.15) is 24.8 Å². The van der Waals surface area contributed by atoms with Crippen LogP contribution >= 0.6 is 0 Å². The number of rotatable bonds is 5. The van der Waals surface area contributed by atoms with Crippen molar-refractivity contribution >= 4 is 21.7 Å². The van der Waals surface area contributed by atoms with Gasteiger partial charge in [0.2, 0.25) is 10.0 Å². The van der Waals surface area contributed by atoms with Crippen molar-refractivity contribution in [2.24, 2.45) is 5.41 Å². The molecule has 3 N–H and O–H groups in total. The third kappa shape index (κ3) is 4.63. The molecule has 160 valence electrons. The van der Waals surface area contributed by atoms with Gasteiger partial charge in [0.15, 0.2) is 0 Å². The van der Waals surface area contributed by atoms with E-state index >= 15 is 0 Å². The lowest BCUT2D eigenvalue weighted by Crippen LogP contribution is -2.43. The van der Waals surface area contributed by atoms with Crippen molar-refractivity contribution < 1.29 is 13.2 Å². The van der Waals surface area contributed by atoms with Crippen LogP contribution < -0.4 is 16.0 Å². The first-order valence-corrected chi connectivity index (χ1v) is 11.7. The summed E-state index contributed by atoms with van der Waals surface area (Å²) in [4.78, 5) is 16.3. The molecule has 0 aliphatic carbocycles. The molecule has 0 saturated carbocycles. The van der Waals surface area contributed by atoms with E-state index in [0.29, 0.717) is 25.3 Å². The van der Waals surface area contributed by atoms with Crippen molar-refractivity contribution in [2.75, 3.05) is 31.5 Å². The number of aromatic nitrogens is 1. The second-order valence-corrected chi connectivity index (χ2v) is 9.96. The maximum atomic E-state index is 13.0. The summed E-state index contributed by atoms with van der Waals surface area (Å²) in [6.07, 6.45) is 6.29. The highest BCUT2D eigenvalue weighted by Crippen LogP contribution is 2.38. The molecular formula is C21H27N5O3S.